The molecule has 0 fully saturated rings. The van der Waals surface area contributed by atoms with E-state index in [2.05, 4.69) is 43.7 Å². The molecule has 0 saturated heterocycles. The van der Waals surface area contributed by atoms with Crippen molar-refractivity contribution in [3.05, 3.63) is 21.2 Å². The van der Waals surface area contributed by atoms with Crippen molar-refractivity contribution in [2.45, 2.75) is 27.7 Å². The Hall–Kier alpha value is -0.991. The van der Waals surface area contributed by atoms with Crippen LogP contribution in [-0.4, -0.2) is 20.4 Å². The van der Waals surface area contributed by atoms with Crippen LogP contribution in [0.25, 0.3) is 0 Å². The Morgan fingerprint density at radius 2 is 1.19 bits per heavy atom. The zero-order chi connectivity index (χ0) is 13.9. The summed E-state index contributed by atoms with van der Waals surface area (Å²) < 4.78 is 1.36. The minimum atomic E-state index is 0.611. The van der Waals surface area contributed by atoms with E-state index in [1.807, 2.05) is 20.4 Å². The van der Waals surface area contributed by atoms with Crippen LogP contribution in [0.3, 0.4) is 0 Å². The fourth-order valence-corrected chi connectivity index (χ4v) is 1.79. The van der Waals surface area contributed by atoms with E-state index in [1.54, 1.807) is 0 Å². The molecule has 0 bridgehead atoms. The zero-order valence-corrected chi connectivity index (χ0v) is 11.5. The van der Waals surface area contributed by atoms with Gasteiger partial charge in [0.2, 0.25) is 0 Å². The fourth-order valence-electron chi connectivity index (χ4n) is 1.31. The summed E-state index contributed by atoms with van der Waals surface area (Å²) in [5.74, 6) is 0.611. The van der Waals surface area contributed by atoms with Gasteiger partial charge in [-0.2, -0.15) is 0 Å². The number of carbonyl (C=O) groups excluding carboxylic acids is 3. The summed E-state index contributed by atoms with van der Waals surface area (Å²) in [4.78, 5) is 24.0. The first-order valence-corrected chi connectivity index (χ1v) is 5.05. The molecule has 1 aliphatic carbocycles. The molecule has 92 valence electrons. The predicted molar refractivity (Wildman–Crippen MR) is 61.6 cm³/mol. The Balaban J connectivity index is -0.000000245. The second kappa shape index (κ2) is 12.1. The first kappa shape index (κ1) is 20.4. The average molecular weight is 266 g/mol. The van der Waals surface area contributed by atoms with E-state index in [0.29, 0.717) is 5.92 Å². The van der Waals surface area contributed by atoms with Gasteiger partial charge in [0.05, 0.1) is 0 Å². The summed E-state index contributed by atoms with van der Waals surface area (Å²) in [6, 6.07) is 0. The van der Waals surface area contributed by atoms with Gasteiger partial charge >= 0.3 is 70.8 Å². The van der Waals surface area contributed by atoms with Crippen LogP contribution in [0, 0.1) is 5.92 Å². The molecule has 16 heavy (non-hydrogen) atoms. The molecule has 1 rings (SSSR count). The standard InChI is InChI=1S/C9H13.3CH2O.Mn/c1-6-5-7(2)9(4)8(6)3;3*1-2;/h6H,1-4H3;3*1H2;. The van der Waals surface area contributed by atoms with Gasteiger partial charge in [0.15, 0.2) is 0 Å². The van der Waals surface area contributed by atoms with E-state index >= 15 is 0 Å². The summed E-state index contributed by atoms with van der Waals surface area (Å²) in [5, 5.41) is 0. The van der Waals surface area contributed by atoms with Crippen LogP contribution >= 0.6 is 0 Å². The predicted octanol–water partition coefficient (Wildman–Crippen LogP) is 2.24. The van der Waals surface area contributed by atoms with Gasteiger partial charge < -0.3 is 14.4 Å². The second-order valence-electron chi connectivity index (χ2n) is 3.00. The summed E-state index contributed by atoms with van der Waals surface area (Å²) in [5.41, 5.74) is 4.38. The molecule has 0 amide bonds. The fraction of sp³-hybridized carbons (Fsp3) is 0.417. The topological polar surface area (TPSA) is 51.2 Å². The van der Waals surface area contributed by atoms with E-state index < -0.39 is 0 Å². The molecule has 0 spiro atoms. The van der Waals surface area contributed by atoms with Crippen molar-refractivity contribution < 1.29 is 30.4 Å². The molecule has 0 aromatic carbocycles. The minimum absolute atomic E-state index is 0.611. The Morgan fingerprint density at radius 1 is 0.875 bits per heavy atom. The van der Waals surface area contributed by atoms with Gasteiger partial charge in [-0.3, -0.25) is 0 Å². The number of hydrogen-bond acceptors (Lipinski definition) is 3. The number of carbonyl (C=O) groups is 3. The normalized spacial score (nSPS) is 17.4. The Bertz CT molecular complexity index is 241. The van der Waals surface area contributed by atoms with Gasteiger partial charge in [-0.25, -0.2) is 0 Å². The molecule has 0 heterocycles. The Kier molecular flexibility index (Phi) is 15.4. The third kappa shape index (κ3) is 5.19. The molecule has 4 heteroatoms. The van der Waals surface area contributed by atoms with E-state index in [0.717, 1.165) is 0 Å². The van der Waals surface area contributed by atoms with Crippen molar-refractivity contribution in [2.75, 3.05) is 0 Å². The Morgan fingerprint density at radius 3 is 1.25 bits per heavy atom. The zero-order valence-electron chi connectivity index (χ0n) is 10.3. The monoisotopic (exact) mass is 266 g/mol. The second-order valence-corrected chi connectivity index (χ2v) is 3.64. The SMILES string of the molecule is C=O.C=O.C=O.CC1=C(C)C(C)[C]([Mn])=C1C. The third-order valence-corrected chi connectivity index (χ3v) is 3.50. The molecule has 3 nitrogen and oxygen atoms in total. The molecular weight excluding hydrogens is 247 g/mol. The molecule has 0 aromatic heterocycles. The van der Waals surface area contributed by atoms with E-state index in [-0.39, 0.29) is 0 Å². The van der Waals surface area contributed by atoms with E-state index in [9.17, 15) is 0 Å². The maximum absolute atomic E-state index is 8.00. The number of hydrogen-bond donors (Lipinski definition) is 0. The molecule has 0 saturated carbocycles. The number of rotatable bonds is 0. The van der Waals surface area contributed by atoms with Crippen molar-refractivity contribution in [2.24, 2.45) is 5.92 Å². The average Bonchev–Trinajstić information content (AvgIpc) is 2.55. The van der Waals surface area contributed by atoms with Crippen molar-refractivity contribution in [1.29, 1.82) is 0 Å². The van der Waals surface area contributed by atoms with Gasteiger partial charge in [0.25, 0.3) is 0 Å². The third-order valence-electron chi connectivity index (χ3n) is 2.54. The van der Waals surface area contributed by atoms with Crippen LogP contribution in [0.1, 0.15) is 27.7 Å². The van der Waals surface area contributed by atoms with Crippen LogP contribution in [0.4, 0.5) is 0 Å². The van der Waals surface area contributed by atoms with Gasteiger partial charge in [-0.15, -0.1) is 0 Å². The van der Waals surface area contributed by atoms with Crippen LogP contribution in [0.15, 0.2) is 21.2 Å². The molecular formula is C12H19MnO3. The molecule has 0 N–H and O–H groups in total. The van der Waals surface area contributed by atoms with Gasteiger partial charge in [0, 0.05) is 0 Å². The first-order chi connectivity index (χ1) is 7.55. The first-order valence-electron chi connectivity index (χ1n) is 4.46. The Labute approximate surface area is 106 Å². The summed E-state index contributed by atoms with van der Waals surface area (Å²) in [6.07, 6.45) is 0. The van der Waals surface area contributed by atoms with Crippen molar-refractivity contribution in [3.8, 4) is 0 Å². The van der Waals surface area contributed by atoms with Crippen molar-refractivity contribution >= 4 is 20.4 Å². The molecule has 1 aliphatic rings. The van der Waals surface area contributed by atoms with Crippen LogP contribution < -0.4 is 0 Å². The van der Waals surface area contributed by atoms with E-state index in [4.69, 9.17) is 14.4 Å². The molecule has 0 radical (unpaired) electrons. The van der Waals surface area contributed by atoms with Crippen LogP contribution in [0.2, 0.25) is 0 Å². The van der Waals surface area contributed by atoms with Crippen LogP contribution in [0.5, 0.6) is 0 Å². The van der Waals surface area contributed by atoms with Crippen molar-refractivity contribution in [1.82, 2.24) is 0 Å². The summed E-state index contributed by atoms with van der Waals surface area (Å²) >= 11 is 3.59. The quantitative estimate of drug-likeness (QED) is 0.632. The van der Waals surface area contributed by atoms with Gasteiger partial charge in [0.1, 0.15) is 20.4 Å². The molecule has 1 atom stereocenters. The van der Waals surface area contributed by atoms with Gasteiger partial charge in [-0.05, 0) is 0 Å². The molecule has 1 unspecified atom stereocenters. The molecule has 0 aromatic rings. The van der Waals surface area contributed by atoms with Gasteiger partial charge in [-0.1, -0.05) is 0 Å². The van der Waals surface area contributed by atoms with Crippen LogP contribution in [-0.2, 0) is 30.4 Å². The maximum atomic E-state index is 8.00. The molecule has 0 aliphatic heterocycles. The number of allylic oxidation sites excluding steroid dienone is 4. The summed E-state index contributed by atoms with van der Waals surface area (Å²) in [6.45, 7) is 14.8. The van der Waals surface area contributed by atoms with E-state index in [1.165, 1.54) is 21.2 Å². The summed E-state index contributed by atoms with van der Waals surface area (Å²) in [7, 11) is 0. The van der Waals surface area contributed by atoms with Crippen molar-refractivity contribution in [3.63, 3.8) is 0 Å².